The van der Waals surface area contributed by atoms with Gasteiger partial charge in [0.15, 0.2) is 0 Å². The highest BCUT2D eigenvalue weighted by atomic mass is 32.1. The Balaban J connectivity index is 1.81. The van der Waals surface area contributed by atoms with Gasteiger partial charge < -0.3 is 14.4 Å². The van der Waals surface area contributed by atoms with Gasteiger partial charge in [0.25, 0.3) is 0 Å². The second kappa shape index (κ2) is 7.09. The highest BCUT2D eigenvalue weighted by molar-refractivity contribution is 7.21. The van der Waals surface area contributed by atoms with Gasteiger partial charge in [0.2, 0.25) is 0 Å². The van der Waals surface area contributed by atoms with Crippen LogP contribution in [0.4, 0.5) is 5.69 Å². The topological polar surface area (TPSA) is 83.6 Å². The zero-order valence-corrected chi connectivity index (χ0v) is 16.2. The molecule has 0 amide bonds. The van der Waals surface area contributed by atoms with Crippen LogP contribution in [0, 0.1) is 0 Å². The SMILES string of the molecule is CCN(CC)c1ccc2cc(-c3nc4cc(C(=O)O)ccc4s3)c(=O)oc2c1. The highest BCUT2D eigenvalue weighted by Crippen LogP contribution is 2.31. The molecule has 4 rings (SSSR count). The van der Waals surface area contributed by atoms with Crippen LogP contribution in [0.1, 0.15) is 24.2 Å². The van der Waals surface area contributed by atoms with Crippen molar-refractivity contribution in [1.82, 2.24) is 4.98 Å². The number of nitrogens with zero attached hydrogens (tertiary/aromatic N) is 2. The molecule has 6 nitrogen and oxygen atoms in total. The first kappa shape index (κ1) is 18.2. The number of fused-ring (bicyclic) bond motifs is 2. The minimum absolute atomic E-state index is 0.166. The average Bonchev–Trinajstić information content (AvgIpc) is 3.11. The Morgan fingerprint density at radius 1 is 1.14 bits per heavy atom. The minimum Gasteiger partial charge on any atom is -0.478 e. The van der Waals surface area contributed by atoms with E-state index >= 15 is 0 Å². The summed E-state index contributed by atoms with van der Waals surface area (Å²) in [7, 11) is 0. The van der Waals surface area contributed by atoms with Gasteiger partial charge >= 0.3 is 11.6 Å². The molecule has 0 bridgehead atoms. The summed E-state index contributed by atoms with van der Waals surface area (Å²) in [6.07, 6.45) is 0. The summed E-state index contributed by atoms with van der Waals surface area (Å²) >= 11 is 1.34. The van der Waals surface area contributed by atoms with Crippen molar-refractivity contribution >= 4 is 44.2 Å². The van der Waals surface area contributed by atoms with Crippen molar-refractivity contribution in [2.45, 2.75) is 13.8 Å². The van der Waals surface area contributed by atoms with Gasteiger partial charge in [-0.2, -0.15) is 0 Å². The normalized spacial score (nSPS) is 11.2. The van der Waals surface area contributed by atoms with Crippen LogP contribution >= 0.6 is 11.3 Å². The van der Waals surface area contributed by atoms with Crippen LogP contribution in [0.2, 0.25) is 0 Å². The van der Waals surface area contributed by atoms with E-state index in [0.29, 0.717) is 21.7 Å². The molecule has 0 aliphatic heterocycles. The summed E-state index contributed by atoms with van der Waals surface area (Å²) < 4.78 is 6.39. The average molecular weight is 394 g/mol. The van der Waals surface area contributed by atoms with Crippen LogP contribution in [0.25, 0.3) is 31.8 Å². The molecule has 2 aromatic heterocycles. The first-order chi connectivity index (χ1) is 13.5. The van der Waals surface area contributed by atoms with E-state index in [1.807, 2.05) is 18.2 Å². The van der Waals surface area contributed by atoms with Crippen LogP contribution in [0.15, 0.2) is 51.7 Å². The van der Waals surface area contributed by atoms with Crippen LogP contribution in [-0.2, 0) is 0 Å². The molecule has 2 heterocycles. The van der Waals surface area contributed by atoms with Gasteiger partial charge in [-0.1, -0.05) is 0 Å². The van der Waals surface area contributed by atoms with Crippen molar-refractivity contribution in [3.63, 3.8) is 0 Å². The number of benzene rings is 2. The van der Waals surface area contributed by atoms with Crippen LogP contribution in [0.5, 0.6) is 0 Å². The van der Waals surface area contributed by atoms with Gasteiger partial charge in [-0.05, 0) is 50.2 Å². The second-order valence-corrected chi connectivity index (χ2v) is 7.38. The molecule has 0 fully saturated rings. The number of thiazole rings is 1. The van der Waals surface area contributed by atoms with Crippen molar-refractivity contribution in [2.24, 2.45) is 0 Å². The first-order valence-corrected chi connectivity index (χ1v) is 9.79. The molecule has 0 radical (unpaired) electrons. The van der Waals surface area contributed by atoms with Gasteiger partial charge in [0.05, 0.1) is 21.3 Å². The molecule has 28 heavy (non-hydrogen) atoms. The summed E-state index contributed by atoms with van der Waals surface area (Å²) in [6, 6.07) is 12.4. The summed E-state index contributed by atoms with van der Waals surface area (Å²) in [5.74, 6) is -1.01. The molecule has 0 atom stereocenters. The third-order valence-corrected chi connectivity index (χ3v) is 5.78. The summed E-state index contributed by atoms with van der Waals surface area (Å²) in [4.78, 5) is 30.4. The maximum absolute atomic E-state index is 12.6. The van der Waals surface area contributed by atoms with Gasteiger partial charge in [0, 0.05) is 30.2 Å². The van der Waals surface area contributed by atoms with Gasteiger partial charge in [-0.25, -0.2) is 14.6 Å². The largest absolute Gasteiger partial charge is 0.478 e. The number of aromatic nitrogens is 1. The lowest BCUT2D eigenvalue weighted by Crippen LogP contribution is -2.21. The van der Waals surface area contributed by atoms with Crippen molar-refractivity contribution in [2.75, 3.05) is 18.0 Å². The molecule has 0 saturated heterocycles. The third-order valence-electron chi connectivity index (χ3n) is 4.71. The van der Waals surface area contributed by atoms with E-state index in [4.69, 9.17) is 9.52 Å². The van der Waals surface area contributed by atoms with Crippen molar-refractivity contribution in [1.29, 1.82) is 0 Å². The number of anilines is 1. The number of carboxylic acids is 1. The number of hydrogen-bond donors (Lipinski definition) is 1. The maximum Gasteiger partial charge on any atom is 0.346 e. The quantitative estimate of drug-likeness (QED) is 0.498. The monoisotopic (exact) mass is 394 g/mol. The van der Waals surface area contributed by atoms with E-state index in [1.54, 1.807) is 12.1 Å². The number of hydrogen-bond acceptors (Lipinski definition) is 6. The predicted molar refractivity (Wildman–Crippen MR) is 112 cm³/mol. The summed E-state index contributed by atoms with van der Waals surface area (Å²) in [5, 5.41) is 10.5. The Hall–Kier alpha value is -3.19. The van der Waals surface area contributed by atoms with E-state index in [1.165, 1.54) is 23.5 Å². The predicted octanol–water partition coefficient (Wildman–Crippen LogP) is 4.61. The lowest BCUT2D eigenvalue weighted by molar-refractivity contribution is 0.0697. The molecule has 0 spiro atoms. The molecular formula is C21H18N2O4S. The molecule has 142 valence electrons. The fraction of sp³-hybridized carbons (Fsp3) is 0.190. The molecule has 0 aliphatic rings. The Morgan fingerprint density at radius 2 is 1.93 bits per heavy atom. The van der Waals surface area contributed by atoms with E-state index in [0.717, 1.165) is 28.9 Å². The molecule has 7 heteroatoms. The molecule has 0 unspecified atom stereocenters. The standard InChI is InChI=1S/C21H18N2O4S/c1-3-23(4-2)14-7-5-12-9-15(21(26)27-17(12)11-14)19-22-16-10-13(20(24)25)6-8-18(16)28-19/h5-11H,3-4H2,1-2H3,(H,24,25). The molecule has 0 aliphatic carbocycles. The molecule has 4 aromatic rings. The fourth-order valence-electron chi connectivity index (χ4n) is 3.21. The number of rotatable bonds is 5. The third kappa shape index (κ3) is 3.14. The number of carbonyl (C=O) groups is 1. The molecule has 1 N–H and O–H groups in total. The smallest absolute Gasteiger partial charge is 0.346 e. The maximum atomic E-state index is 12.6. The van der Waals surface area contributed by atoms with Gasteiger partial charge in [-0.3, -0.25) is 0 Å². The zero-order valence-electron chi connectivity index (χ0n) is 15.4. The Labute approximate surface area is 164 Å². The van der Waals surface area contributed by atoms with Gasteiger partial charge in [0.1, 0.15) is 10.6 Å². The highest BCUT2D eigenvalue weighted by Gasteiger charge is 2.15. The lowest BCUT2D eigenvalue weighted by Gasteiger charge is -2.20. The van der Waals surface area contributed by atoms with Crippen molar-refractivity contribution in [3.05, 3.63) is 58.4 Å². The molecule has 2 aromatic carbocycles. The van der Waals surface area contributed by atoms with Crippen LogP contribution in [-0.4, -0.2) is 29.1 Å². The minimum atomic E-state index is -1.01. The van der Waals surface area contributed by atoms with Gasteiger partial charge in [-0.15, -0.1) is 11.3 Å². The zero-order chi connectivity index (χ0) is 19.8. The van der Waals surface area contributed by atoms with E-state index in [9.17, 15) is 9.59 Å². The van der Waals surface area contributed by atoms with E-state index in [-0.39, 0.29) is 5.56 Å². The van der Waals surface area contributed by atoms with Crippen LogP contribution in [0.3, 0.4) is 0 Å². The van der Waals surface area contributed by atoms with Crippen molar-refractivity contribution < 1.29 is 14.3 Å². The first-order valence-electron chi connectivity index (χ1n) is 8.97. The Bertz CT molecular complexity index is 1250. The Kier molecular flexibility index (Phi) is 4.60. The molecule has 0 saturated carbocycles. The fourth-order valence-corrected chi connectivity index (χ4v) is 4.16. The lowest BCUT2D eigenvalue weighted by atomic mass is 10.1. The summed E-state index contributed by atoms with van der Waals surface area (Å²) in [6.45, 7) is 5.90. The van der Waals surface area contributed by atoms with Crippen molar-refractivity contribution in [3.8, 4) is 10.6 Å². The summed E-state index contributed by atoms with van der Waals surface area (Å²) in [5.41, 5.74) is 2.18. The van der Waals surface area contributed by atoms with Crippen LogP contribution < -0.4 is 10.5 Å². The number of aromatic carboxylic acids is 1. The van der Waals surface area contributed by atoms with E-state index < -0.39 is 11.6 Å². The second-order valence-electron chi connectivity index (χ2n) is 6.35. The molecular weight excluding hydrogens is 376 g/mol. The Morgan fingerprint density at radius 3 is 2.64 bits per heavy atom. The van der Waals surface area contributed by atoms with E-state index in [2.05, 4.69) is 23.7 Å². The number of carboxylic acid groups (broad SMARTS) is 1.